The monoisotopic (exact) mass is 261 g/mol. The van der Waals surface area contributed by atoms with Crippen LogP contribution in [0.1, 0.15) is 52.0 Å². The summed E-state index contributed by atoms with van der Waals surface area (Å²) >= 11 is 0. The van der Waals surface area contributed by atoms with Crippen LogP contribution >= 0.6 is 0 Å². The molecule has 2 heterocycles. The Hall–Kier alpha value is -1.25. The van der Waals surface area contributed by atoms with Crippen LogP contribution in [0, 0.1) is 17.8 Å². The van der Waals surface area contributed by atoms with Crippen molar-refractivity contribution in [3.8, 4) is 5.75 Å². The molecule has 2 aliphatic rings. The number of rotatable bonds is 0. The van der Waals surface area contributed by atoms with Crippen molar-refractivity contribution >= 4 is 0 Å². The van der Waals surface area contributed by atoms with E-state index >= 15 is 0 Å². The van der Waals surface area contributed by atoms with Crippen molar-refractivity contribution in [2.75, 3.05) is 0 Å². The van der Waals surface area contributed by atoms with E-state index in [1.165, 1.54) is 6.42 Å². The van der Waals surface area contributed by atoms with Crippen molar-refractivity contribution in [2.24, 2.45) is 17.8 Å². The molecule has 2 bridgehead atoms. The van der Waals surface area contributed by atoms with Gasteiger partial charge >= 0.3 is 0 Å². The number of ether oxygens (including phenoxy) is 1. The maximum absolute atomic E-state index is 12.2. The Bertz CT molecular complexity index is 550. The van der Waals surface area contributed by atoms with Crippen molar-refractivity contribution in [2.45, 2.75) is 52.1 Å². The van der Waals surface area contributed by atoms with Gasteiger partial charge in [-0.3, -0.25) is 4.79 Å². The molecule has 0 saturated heterocycles. The number of aromatic nitrogens is 1. The van der Waals surface area contributed by atoms with Crippen LogP contribution < -0.4 is 10.3 Å². The lowest BCUT2D eigenvalue weighted by Gasteiger charge is -2.45. The molecule has 3 nitrogen and oxygen atoms in total. The minimum atomic E-state index is -0.143. The smallest absolute Gasteiger partial charge is 0.255 e. The zero-order valence-electron chi connectivity index (χ0n) is 12.2. The lowest BCUT2D eigenvalue weighted by Crippen LogP contribution is -2.47. The number of pyridine rings is 1. The molecule has 1 aromatic heterocycles. The third-order valence-electron chi connectivity index (χ3n) is 5.28. The van der Waals surface area contributed by atoms with Crippen molar-refractivity contribution in [3.05, 3.63) is 28.2 Å². The number of aromatic amines is 1. The summed E-state index contributed by atoms with van der Waals surface area (Å²) in [4.78, 5) is 15.0. The lowest BCUT2D eigenvalue weighted by molar-refractivity contribution is -0.00933. The van der Waals surface area contributed by atoms with Gasteiger partial charge in [-0.05, 0) is 37.7 Å². The molecule has 5 atom stereocenters. The Labute approximate surface area is 114 Å². The molecule has 3 heteroatoms. The van der Waals surface area contributed by atoms with Gasteiger partial charge < -0.3 is 9.72 Å². The maximum atomic E-state index is 12.2. The largest absolute Gasteiger partial charge is 0.487 e. The Morgan fingerprint density at radius 3 is 2.84 bits per heavy atom. The predicted molar refractivity (Wildman–Crippen MR) is 75.6 cm³/mol. The van der Waals surface area contributed by atoms with Gasteiger partial charge in [-0.1, -0.05) is 20.8 Å². The third kappa shape index (κ3) is 1.82. The van der Waals surface area contributed by atoms with Crippen molar-refractivity contribution in [1.82, 2.24) is 4.98 Å². The number of nitrogens with one attached hydrogen (secondary N) is 1. The van der Waals surface area contributed by atoms with Crippen molar-refractivity contribution in [3.63, 3.8) is 0 Å². The van der Waals surface area contributed by atoms with E-state index in [2.05, 4.69) is 32.7 Å². The molecule has 19 heavy (non-hydrogen) atoms. The highest BCUT2D eigenvalue weighted by Crippen LogP contribution is 2.52. The second kappa shape index (κ2) is 4.12. The first kappa shape index (κ1) is 12.8. The molecule has 0 spiro atoms. The average Bonchev–Trinajstić information content (AvgIpc) is 2.36. The van der Waals surface area contributed by atoms with Gasteiger partial charge in [0.25, 0.3) is 5.56 Å². The summed E-state index contributed by atoms with van der Waals surface area (Å²) in [6.45, 7) is 9.04. The molecule has 0 aromatic carbocycles. The summed E-state index contributed by atoms with van der Waals surface area (Å²) in [5, 5.41) is 0. The summed E-state index contributed by atoms with van der Waals surface area (Å²) in [5.41, 5.74) is 0.752. The molecular formula is C16H23NO2. The Balaban J connectivity index is 2.21. The van der Waals surface area contributed by atoms with E-state index < -0.39 is 0 Å². The van der Waals surface area contributed by atoms with Crippen LogP contribution in [0.25, 0.3) is 0 Å². The van der Waals surface area contributed by atoms with E-state index in [9.17, 15) is 4.79 Å². The Morgan fingerprint density at radius 1 is 1.37 bits per heavy atom. The summed E-state index contributed by atoms with van der Waals surface area (Å²) in [7, 11) is 0. The molecule has 1 N–H and O–H groups in total. The standard InChI is InChI=1S/C16H23NO2/c1-9-7-10(2)13-11(3)16(4,8-9)19-12-5-6-17-15(18)14(12)13/h5-6,9-11,13H,7-8H2,1-4H3,(H,17,18). The van der Waals surface area contributed by atoms with Crippen LogP contribution in [0.3, 0.4) is 0 Å². The van der Waals surface area contributed by atoms with Gasteiger partial charge in [-0.2, -0.15) is 0 Å². The van der Waals surface area contributed by atoms with Crippen molar-refractivity contribution in [1.29, 1.82) is 0 Å². The van der Waals surface area contributed by atoms with Gasteiger partial charge in [-0.15, -0.1) is 0 Å². The Kier molecular flexibility index (Phi) is 2.77. The molecule has 1 aromatic rings. The first-order chi connectivity index (χ1) is 8.92. The van der Waals surface area contributed by atoms with Gasteiger partial charge in [0.15, 0.2) is 0 Å². The highest BCUT2D eigenvalue weighted by atomic mass is 16.5. The molecule has 5 unspecified atom stereocenters. The zero-order chi connectivity index (χ0) is 13.8. The SMILES string of the molecule is CC1CC(C)C2c3c(cc[nH]c3=O)OC(C)(C1)C2C. The second-order valence-corrected chi connectivity index (χ2v) is 6.84. The van der Waals surface area contributed by atoms with Gasteiger partial charge in [-0.25, -0.2) is 0 Å². The quantitative estimate of drug-likeness (QED) is 0.778. The van der Waals surface area contributed by atoms with Crippen LogP contribution in [-0.4, -0.2) is 10.6 Å². The van der Waals surface area contributed by atoms with Gasteiger partial charge in [0, 0.05) is 18.0 Å². The molecule has 0 radical (unpaired) electrons. The molecule has 1 aliphatic carbocycles. The van der Waals surface area contributed by atoms with Crippen molar-refractivity contribution < 1.29 is 4.74 Å². The first-order valence-corrected chi connectivity index (χ1v) is 7.33. The summed E-state index contributed by atoms with van der Waals surface area (Å²) < 4.78 is 6.26. The summed E-state index contributed by atoms with van der Waals surface area (Å²) in [6.07, 6.45) is 3.93. The van der Waals surface area contributed by atoms with E-state index in [1.807, 2.05) is 6.07 Å². The number of fused-ring (bicyclic) bond motifs is 4. The summed E-state index contributed by atoms with van der Waals surface area (Å²) in [6, 6.07) is 1.91. The molecule has 104 valence electrons. The third-order valence-corrected chi connectivity index (χ3v) is 5.28. The minimum absolute atomic E-state index is 0.0257. The Morgan fingerprint density at radius 2 is 2.11 bits per heavy atom. The van der Waals surface area contributed by atoms with Crippen LogP contribution in [0.15, 0.2) is 17.1 Å². The van der Waals surface area contributed by atoms with E-state index in [-0.39, 0.29) is 11.2 Å². The molecular weight excluding hydrogens is 238 g/mol. The number of hydrogen-bond acceptors (Lipinski definition) is 2. The minimum Gasteiger partial charge on any atom is -0.487 e. The first-order valence-electron chi connectivity index (χ1n) is 7.33. The molecule has 1 aliphatic heterocycles. The molecule has 1 fully saturated rings. The topological polar surface area (TPSA) is 42.1 Å². The maximum Gasteiger partial charge on any atom is 0.255 e. The average molecular weight is 261 g/mol. The van der Waals surface area contributed by atoms with Crippen LogP contribution in [0.4, 0.5) is 0 Å². The van der Waals surface area contributed by atoms with E-state index in [4.69, 9.17) is 4.74 Å². The molecule has 1 saturated carbocycles. The predicted octanol–water partition coefficient (Wildman–Crippen LogP) is 3.31. The van der Waals surface area contributed by atoms with E-state index in [0.29, 0.717) is 23.7 Å². The fourth-order valence-electron chi connectivity index (χ4n) is 4.41. The number of H-pyrrole nitrogens is 1. The normalized spacial score (nSPS) is 41.1. The molecule has 3 rings (SSSR count). The van der Waals surface area contributed by atoms with Gasteiger partial charge in [0.05, 0.1) is 5.56 Å². The fraction of sp³-hybridized carbons (Fsp3) is 0.688. The van der Waals surface area contributed by atoms with Crippen LogP contribution in [-0.2, 0) is 0 Å². The van der Waals surface area contributed by atoms with Crippen LogP contribution in [0.2, 0.25) is 0 Å². The molecule has 0 amide bonds. The second-order valence-electron chi connectivity index (χ2n) is 6.84. The lowest BCUT2D eigenvalue weighted by atomic mass is 9.70. The fourth-order valence-corrected chi connectivity index (χ4v) is 4.41. The van der Waals surface area contributed by atoms with Gasteiger partial charge in [0.1, 0.15) is 11.4 Å². The zero-order valence-corrected chi connectivity index (χ0v) is 12.2. The highest BCUT2D eigenvalue weighted by Gasteiger charge is 2.49. The number of hydrogen-bond donors (Lipinski definition) is 1. The van der Waals surface area contributed by atoms with Gasteiger partial charge in [0.2, 0.25) is 0 Å². The summed E-state index contributed by atoms with van der Waals surface area (Å²) in [5.74, 6) is 2.65. The highest BCUT2D eigenvalue weighted by molar-refractivity contribution is 5.38. The van der Waals surface area contributed by atoms with Crippen LogP contribution in [0.5, 0.6) is 5.75 Å². The van der Waals surface area contributed by atoms with E-state index in [0.717, 1.165) is 17.7 Å². The van der Waals surface area contributed by atoms with E-state index in [1.54, 1.807) is 6.20 Å².